The highest BCUT2D eigenvalue weighted by molar-refractivity contribution is 7.89. The molecule has 122 valence electrons. The standard InChI is InChI=1S/C14H20ClN3O3S/c1-17-7-9-18(10-8-17)22(20,21)11-6-16-14(19)12-4-2-3-5-13(12)15/h2-5H,6-11H2,1H3,(H,16,19). The molecule has 1 N–H and O–H groups in total. The molecule has 1 aromatic rings. The first kappa shape index (κ1) is 17.2. The summed E-state index contributed by atoms with van der Waals surface area (Å²) in [5, 5.41) is 2.95. The van der Waals surface area contributed by atoms with Crippen LogP contribution in [0, 0.1) is 0 Å². The van der Waals surface area contributed by atoms with E-state index in [4.69, 9.17) is 11.6 Å². The van der Waals surface area contributed by atoms with Crippen LogP contribution in [0.15, 0.2) is 24.3 Å². The predicted octanol–water partition coefficient (Wildman–Crippen LogP) is 0.647. The lowest BCUT2D eigenvalue weighted by Gasteiger charge is -2.31. The average molecular weight is 346 g/mol. The van der Waals surface area contributed by atoms with Gasteiger partial charge in [0.05, 0.1) is 16.3 Å². The molecule has 1 aromatic carbocycles. The first-order valence-corrected chi connectivity index (χ1v) is 9.08. The summed E-state index contributed by atoms with van der Waals surface area (Å²) in [7, 11) is -1.37. The molecule has 1 heterocycles. The Balaban J connectivity index is 1.85. The maximum Gasteiger partial charge on any atom is 0.252 e. The number of sulfonamides is 1. The van der Waals surface area contributed by atoms with Gasteiger partial charge >= 0.3 is 0 Å². The van der Waals surface area contributed by atoms with Crippen molar-refractivity contribution in [3.05, 3.63) is 34.9 Å². The first-order chi connectivity index (χ1) is 10.4. The quantitative estimate of drug-likeness (QED) is 0.850. The van der Waals surface area contributed by atoms with Gasteiger partial charge in [0.15, 0.2) is 0 Å². The Morgan fingerprint density at radius 2 is 1.86 bits per heavy atom. The molecule has 2 rings (SSSR count). The topological polar surface area (TPSA) is 69.7 Å². The van der Waals surface area contributed by atoms with E-state index in [-0.39, 0.29) is 18.2 Å². The van der Waals surface area contributed by atoms with Crippen LogP contribution in [0.1, 0.15) is 10.4 Å². The zero-order valence-corrected chi connectivity index (χ0v) is 14.0. The van der Waals surface area contributed by atoms with Gasteiger partial charge in [-0.25, -0.2) is 8.42 Å². The van der Waals surface area contributed by atoms with Crippen molar-refractivity contribution in [2.45, 2.75) is 0 Å². The zero-order valence-electron chi connectivity index (χ0n) is 12.5. The zero-order chi connectivity index (χ0) is 16.2. The van der Waals surface area contributed by atoms with E-state index in [0.29, 0.717) is 23.7 Å². The van der Waals surface area contributed by atoms with E-state index < -0.39 is 10.0 Å². The van der Waals surface area contributed by atoms with Crippen LogP contribution < -0.4 is 5.32 Å². The van der Waals surface area contributed by atoms with Gasteiger partial charge in [-0.3, -0.25) is 4.79 Å². The number of nitrogens with one attached hydrogen (secondary N) is 1. The normalized spacial score (nSPS) is 17.4. The van der Waals surface area contributed by atoms with Gasteiger partial charge in [-0.2, -0.15) is 4.31 Å². The van der Waals surface area contributed by atoms with E-state index in [1.807, 2.05) is 7.05 Å². The van der Waals surface area contributed by atoms with E-state index in [9.17, 15) is 13.2 Å². The second-order valence-electron chi connectivity index (χ2n) is 5.25. The fourth-order valence-corrected chi connectivity index (χ4v) is 3.79. The summed E-state index contributed by atoms with van der Waals surface area (Å²) < 4.78 is 25.9. The van der Waals surface area contributed by atoms with E-state index >= 15 is 0 Å². The molecule has 0 saturated carbocycles. The third-order valence-corrected chi connectivity index (χ3v) is 5.82. The molecule has 0 atom stereocenters. The van der Waals surface area contributed by atoms with Crippen molar-refractivity contribution in [1.82, 2.24) is 14.5 Å². The van der Waals surface area contributed by atoms with E-state index in [1.54, 1.807) is 24.3 Å². The second kappa shape index (κ2) is 7.41. The van der Waals surface area contributed by atoms with Crippen molar-refractivity contribution in [2.24, 2.45) is 0 Å². The minimum absolute atomic E-state index is 0.0682. The van der Waals surface area contributed by atoms with Crippen LogP contribution in [0.5, 0.6) is 0 Å². The SMILES string of the molecule is CN1CCN(S(=O)(=O)CCNC(=O)c2ccccc2Cl)CC1. The monoisotopic (exact) mass is 345 g/mol. The van der Waals surface area contributed by atoms with Gasteiger partial charge in [0.25, 0.3) is 5.91 Å². The van der Waals surface area contributed by atoms with Crippen LogP contribution in [0.2, 0.25) is 5.02 Å². The van der Waals surface area contributed by atoms with Gasteiger partial charge in [-0.05, 0) is 19.2 Å². The summed E-state index contributed by atoms with van der Waals surface area (Å²) in [5.41, 5.74) is 0.348. The molecule has 1 saturated heterocycles. The number of hydrogen-bond donors (Lipinski definition) is 1. The maximum atomic E-state index is 12.2. The Hall–Kier alpha value is -1.15. The van der Waals surface area contributed by atoms with E-state index in [1.165, 1.54) is 4.31 Å². The number of carbonyl (C=O) groups excluding carboxylic acids is 1. The fraction of sp³-hybridized carbons (Fsp3) is 0.500. The van der Waals surface area contributed by atoms with Crippen molar-refractivity contribution in [2.75, 3.05) is 45.5 Å². The van der Waals surface area contributed by atoms with Crippen LogP contribution in [0.3, 0.4) is 0 Å². The summed E-state index contributed by atoms with van der Waals surface area (Å²) in [4.78, 5) is 14.0. The number of nitrogens with zero attached hydrogens (tertiary/aromatic N) is 2. The summed E-state index contributed by atoms with van der Waals surface area (Å²) in [6.07, 6.45) is 0. The second-order valence-corrected chi connectivity index (χ2v) is 7.75. The van der Waals surface area contributed by atoms with E-state index in [0.717, 1.165) is 13.1 Å². The Morgan fingerprint density at radius 1 is 1.23 bits per heavy atom. The van der Waals surface area contributed by atoms with Crippen molar-refractivity contribution in [1.29, 1.82) is 0 Å². The minimum Gasteiger partial charge on any atom is -0.351 e. The van der Waals surface area contributed by atoms with Gasteiger partial charge < -0.3 is 10.2 Å². The Bertz CT molecular complexity index is 628. The molecule has 6 nitrogen and oxygen atoms in total. The number of carbonyl (C=O) groups is 1. The molecule has 0 aliphatic carbocycles. The number of amides is 1. The largest absolute Gasteiger partial charge is 0.351 e. The molecule has 0 unspecified atom stereocenters. The van der Waals surface area contributed by atoms with Gasteiger partial charge in [0.2, 0.25) is 10.0 Å². The lowest BCUT2D eigenvalue weighted by atomic mass is 10.2. The number of halogens is 1. The van der Waals surface area contributed by atoms with Crippen LogP contribution in [-0.2, 0) is 10.0 Å². The molecule has 22 heavy (non-hydrogen) atoms. The van der Waals surface area contributed by atoms with E-state index in [2.05, 4.69) is 10.2 Å². The summed E-state index contributed by atoms with van der Waals surface area (Å²) >= 11 is 5.93. The van der Waals surface area contributed by atoms with Gasteiger partial charge in [-0.1, -0.05) is 23.7 Å². The van der Waals surface area contributed by atoms with Crippen LogP contribution in [-0.4, -0.2) is 69.1 Å². The highest BCUT2D eigenvalue weighted by atomic mass is 35.5. The molecular weight excluding hydrogens is 326 g/mol. The Kier molecular flexibility index (Phi) is 5.80. The highest BCUT2D eigenvalue weighted by Crippen LogP contribution is 2.14. The van der Waals surface area contributed by atoms with Crippen molar-refractivity contribution < 1.29 is 13.2 Å². The van der Waals surface area contributed by atoms with Crippen molar-refractivity contribution in [3.8, 4) is 0 Å². The molecule has 1 aliphatic rings. The highest BCUT2D eigenvalue weighted by Gasteiger charge is 2.25. The fourth-order valence-electron chi connectivity index (χ4n) is 2.23. The summed E-state index contributed by atoms with van der Waals surface area (Å²) in [5.74, 6) is -0.466. The summed E-state index contributed by atoms with van der Waals surface area (Å²) in [6.45, 7) is 2.52. The Labute approximate surface area is 136 Å². The van der Waals surface area contributed by atoms with Crippen molar-refractivity contribution >= 4 is 27.5 Å². The number of hydrogen-bond acceptors (Lipinski definition) is 4. The maximum absolute atomic E-state index is 12.2. The molecular formula is C14H20ClN3O3S. The molecule has 1 aliphatic heterocycles. The predicted molar refractivity (Wildman–Crippen MR) is 86.6 cm³/mol. The number of likely N-dealkylation sites (N-methyl/N-ethyl adjacent to an activating group) is 1. The lowest BCUT2D eigenvalue weighted by Crippen LogP contribution is -2.48. The third kappa shape index (κ3) is 4.42. The van der Waals surface area contributed by atoms with Crippen molar-refractivity contribution in [3.63, 3.8) is 0 Å². The molecule has 0 bridgehead atoms. The first-order valence-electron chi connectivity index (χ1n) is 7.09. The molecule has 1 fully saturated rings. The molecule has 8 heteroatoms. The number of benzene rings is 1. The lowest BCUT2D eigenvalue weighted by molar-refractivity contribution is 0.0956. The van der Waals surface area contributed by atoms with Crippen LogP contribution in [0.4, 0.5) is 0 Å². The van der Waals surface area contributed by atoms with Crippen LogP contribution in [0.25, 0.3) is 0 Å². The Morgan fingerprint density at radius 3 is 2.50 bits per heavy atom. The third-order valence-electron chi connectivity index (χ3n) is 3.62. The smallest absolute Gasteiger partial charge is 0.252 e. The number of piperazine rings is 1. The van der Waals surface area contributed by atoms with Crippen LogP contribution >= 0.6 is 11.6 Å². The van der Waals surface area contributed by atoms with Gasteiger partial charge in [0, 0.05) is 32.7 Å². The molecule has 0 radical (unpaired) electrons. The summed E-state index contributed by atoms with van der Waals surface area (Å²) in [6, 6.07) is 6.67. The van der Waals surface area contributed by atoms with Gasteiger partial charge in [-0.15, -0.1) is 0 Å². The average Bonchev–Trinajstić information content (AvgIpc) is 2.48. The minimum atomic E-state index is -3.34. The molecule has 0 spiro atoms. The molecule has 0 aromatic heterocycles. The van der Waals surface area contributed by atoms with Gasteiger partial charge in [0.1, 0.15) is 0 Å². The number of rotatable bonds is 5. The molecule has 1 amide bonds.